The first-order valence-electron chi connectivity index (χ1n) is 4.24. The molecule has 0 saturated heterocycles. The van der Waals surface area contributed by atoms with Gasteiger partial charge in [0.15, 0.2) is 0 Å². The smallest absolute Gasteiger partial charge is 0.319 e. The Labute approximate surface area is 85.1 Å². The predicted octanol–water partition coefficient (Wildman–Crippen LogP) is 1.89. The van der Waals surface area contributed by atoms with Crippen LogP contribution in [0.25, 0.3) is 0 Å². The maximum Gasteiger partial charge on any atom is 0.319 e. The lowest BCUT2D eigenvalue weighted by molar-refractivity contribution is 0.0678. The van der Waals surface area contributed by atoms with Crippen molar-refractivity contribution >= 4 is 11.8 Å². The SMILES string of the molecule is OCCCSCc1nccn1C(F)F. The van der Waals surface area contributed by atoms with Crippen LogP contribution in [0.2, 0.25) is 0 Å². The molecule has 0 aliphatic rings. The van der Waals surface area contributed by atoms with Crippen LogP contribution in [-0.4, -0.2) is 27.0 Å². The fraction of sp³-hybridized carbons (Fsp3) is 0.625. The molecule has 1 aromatic heterocycles. The lowest BCUT2D eigenvalue weighted by Crippen LogP contribution is -2.02. The van der Waals surface area contributed by atoms with Gasteiger partial charge in [-0.25, -0.2) is 4.98 Å². The summed E-state index contributed by atoms with van der Waals surface area (Å²) in [5.74, 6) is 1.59. The summed E-state index contributed by atoms with van der Waals surface area (Å²) < 4.78 is 25.5. The molecule has 0 aliphatic carbocycles. The minimum Gasteiger partial charge on any atom is -0.396 e. The van der Waals surface area contributed by atoms with Gasteiger partial charge in [0.25, 0.3) is 0 Å². The van der Waals surface area contributed by atoms with Gasteiger partial charge in [0, 0.05) is 19.0 Å². The molecule has 0 aromatic carbocycles. The van der Waals surface area contributed by atoms with Crippen LogP contribution in [0.1, 0.15) is 18.8 Å². The first kappa shape index (κ1) is 11.5. The number of alkyl halides is 2. The van der Waals surface area contributed by atoms with Crippen molar-refractivity contribution in [2.75, 3.05) is 12.4 Å². The number of nitrogens with zero attached hydrogens (tertiary/aromatic N) is 2. The third-order valence-corrected chi connectivity index (χ3v) is 2.68. The molecule has 1 rings (SSSR count). The lowest BCUT2D eigenvalue weighted by Gasteiger charge is -2.05. The molecule has 0 bridgehead atoms. The highest BCUT2D eigenvalue weighted by molar-refractivity contribution is 7.98. The van der Waals surface area contributed by atoms with Gasteiger partial charge in [-0.05, 0) is 12.2 Å². The molecule has 1 N–H and O–H groups in total. The zero-order valence-corrected chi connectivity index (χ0v) is 8.38. The van der Waals surface area contributed by atoms with Crippen molar-refractivity contribution < 1.29 is 13.9 Å². The van der Waals surface area contributed by atoms with E-state index in [2.05, 4.69) is 4.98 Å². The molecule has 0 radical (unpaired) electrons. The molecule has 0 atom stereocenters. The van der Waals surface area contributed by atoms with Gasteiger partial charge in [-0.2, -0.15) is 20.5 Å². The highest BCUT2D eigenvalue weighted by atomic mass is 32.2. The van der Waals surface area contributed by atoms with E-state index in [1.165, 1.54) is 24.2 Å². The maximum atomic E-state index is 12.3. The second-order valence-corrected chi connectivity index (χ2v) is 3.76. The number of imidazole rings is 1. The van der Waals surface area contributed by atoms with E-state index in [1.807, 2.05) is 0 Å². The third-order valence-electron chi connectivity index (χ3n) is 1.64. The number of halogens is 2. The molecule has 1 heterocycles. The minimum absolute atomic E-state index is 0.135. The van der Waals surface area contributed by atoms with E-state index in [-0.39, 0.29) is 6.61 Å². The zero-order chi connectivity index (χ0) is 10.4. The Morgan fingerprint density at radius 3 is 3.00 bits per heavy atom. The molecule has 0 amide bonds. The fourth-order valence-electron chi connectivity index (χ4n) is 0.963. The Morgan fingerprint density at radius 2 is 2.36 bits per heavy atom. The molecular formula is C8H12F2N2OS. The normalized spacial score (nSPS) is 11.1. The zero-order valence-electron chi connectivity index (χ0n) is 7.57. The van der Waals surface area contributed by atoms with Gasteiger partial charge in [0.05, 0.1) is 5.75 Å². The number of aliphatic hydroxyl groups excluding tert-OH is 1. The van der Waals surface area contributed by atoms with Gasteiger partial charge in [-0.1, -0.05) is 0 Å². The molecule has 0 saturated carbocycles. The van der Waals surface area contributed by atoms with Crippen LogP contribution in [0.3, 0.4) is 0 Å². The van der Waals surface area contributed by atoms with E-state index in [1.54, 1.807) is 0 Å². The Morgan fingerprint density at radius 1 is 1.57 bits per heavy atom. The predicted molar refractivity (Wildman–Crippen MR) is 51.3 cm³/mol. The van der Waals surface area contributed by atoms with Gasteiger partial charge in [-0.15, -0.1) is 0 Å². The summed E-state index contributed by atoms with van der Waals surface area (Å²) in [5, 5.41) is 8.51. The summed E-state index contributed by atoms with van der Waals surface area (Å²) >= 11 is 1.49. The summed E-state index contributed by atoms with van der Waals surface area (Å²) in [5.41, 5.74) is 0. The monoisotopic (exact) mass is 222 g/mol. The Balaban J connectivity index is 2.38. The standard InChI is InChI=1S/C8H12F2N2OS/c9-8(10)12-3-2-11-7(12)6-14-5-1-4-13/h2-3,8,13H,1,4-6H2. The number of thioether (sulfide) groups is 1. The maximum absolute atomic E-state index is 12.3. The Kier molecular flexibility index (Phi) is 4.89. The van der Waals surface area contributed by atoms with Crippen LogP contribution in [-0.2, 0) is 5.75 Å². The van der Waals surface area contributed by atoms with Crippen LogP contribution >= 0.6 is 11.8 Å². The number of rotatable bonds is 6. The molecule has 0 fully saturated rings. The van der Waals surface area contributed by atoms with E-state index < -0.39 is 6.55 Å². The van der Waals surface area contributed by atoms with Crippen molar-refractivity contribution in [3.63, 3.8) is 0 Å². The van der Waals surface area contributed by atoms with Gasteiger partial charge in [-0.3, -0.25) is 4.57 Å². The van der Waals surface area contributed by atoms with Crippen LogP contribution in [0, 0.1) is 0 Å². The number of hydrogen-bond donors (Lipinski definition) is 1. The van der Waals surface area contributed by atoms with Gasteiger partial charge in [0.1, 0.15) is 5.82 Å². The van der Waals surface area contributed by atoms with Crippen molar-refractivity contribution in [3.8, 4) is 0 Å². The highest BCUT2D eigenvalue weighted by Gasteiger charge is 2.10. The van der Waals surface area contributed by atoms with Gasteiger partial charge < -0.3 is 5.11 Å². The molecule has 14 heavy (non-hydrogen) atoms. The summed E-state index contributed by atoms with van der Waals surface area (Å²) in [6, 6.07) is 0. The molecule has 6 heteroatoms. The summed E-state index contributed by atoms with van der Waals surface area (Å²) in [6.07, 6.45) is 3.32. The van der Waals surface area contributed by atoms with Crippen LogP contribution in [0.4, 0.5) is 8.78 Å². The second kappa shape index (κ2) is 5.98. The van der Waals surface area contributed by atoms with E-state index in [0.717, 1.165) is 10.3 Å². The average molecular weight is 222 g/mol. The van der Waals surface area contributed by atoms with Crippen molar-refractivity contribution in [3.05, 3.63) is 18.2 Å². The van der Waals surface area contributed by atoms with E-state index in [9.17, 15) is 8.78 Å². The van der Waals surface area contributed by atoms with Gasteiger partial charge in [0.2, 0.25) is 0 Å². The highest BCUT2D eigenvalue weighted by Crippen LogP contribution is 2.17. The Hall–Kier alpha value is -0.620. The van der Waals surface area contributed by atoms with Crippen LogP contribution < -0.4 is 0 Å². The molecule has 0 unspecified atom stereocenters. The average Bonchev–Trinajstić information content (AvgIpc) is 2.60. The molecule has 80 valence electrons. The first-order valence-corrected chi connectivity index (χ1v) is 5.39. The molecular weight excluding hydrogens is 210 g/mol. The first-order chi connectivity index (χ1) is 6.75. The Bertz CT molecular complexity index is 268. The van der Waals surface area contributed by atoms with E-state index >= 15 is 0 Å². The van der Waals surface area contributed by atoms with Crippen LogP contribution in [0.5, 0.6) is 0 Å². The number of hydrogen-bond acceptors (Lipinski definition) is 3. The number of aromatic nitrogens is 2. The largest absolute Gasteiger partial charge is 0.396 e. The van der Waals surface area contributed by atoms with E-state index in [4.69, 9.17) is 5.11 Å². The fourth-order valence-corrected chi connectivity index (χ4v) is 1.85. The number of aliphatic hydroxyl groups is 1. The van der Waals surface area contributed by atoms with Crippen molar-refractivity contribution in [2.45, 2.75) is 18.7 Å². The van der Waals surface area contributed by atoms with Crippen molar-refractivity contribution in [2.24, 2.45) is 0 Å². The van der Waals surface area contributed by atoms with E-state index in [0.29, 0.717) is 18.0 Å². The minimum atomic E-state index is -2.52. The summed E-state index contributed by atoms with van der Waals surface area (Å²) in [7, 11) is 0. The molecule has 0 aliphatic heterocycles. The molecule has 0 spiro atoms. The van der Waals surface area contributed by atoms with Crippen LogP contribution in [0.15, 0.2) is 12.4 Å². The summed E-state index contributed by atoms with van der Waals surface area (Å²) in [6.45, 7) is -2.39. The quantitative estimate of drug-likeness (QED) is 0.747. The summed E-state index contributed by atoms with van der Waals surface area (Å²) in [4.78, 5) is 3.83. The molecule has 3 nitrogen and oxygen atoms in total. The molecule has 1 aromatic rings. The van der Waals surface area contributed by atoms with Gasteiger partial charge >= 0.3 is 6.55 Å². The van der Waals surface area contributed by atoms with Crippen molar-refractivity contribution in [1.82, 2.24) is 9.55 Å². The topological polar surface area (TPSA) is 38.1 Å². The lowest BCUT2D eigenvalue weighted by atomic mass is 10.5. The second-order valence-electron chi connectivity index (χ2n) is 2.66. The van der Waals surface area contributed by atoms with Crippen molar-refractivity contribution in [1.29, 1.82) is 0 Å². The third kappa shape index (κ3) is 3.26.